The number of esters is 1. The van der Waals surface area contributed by atoms with Crippen LogP contribution in [0.25, 0.3) is 0 Å². The van der Waals surface area contributed by atoms with E-state index in [1.807, 2.05) is 78.9 Å². The second kappa shape index (κ2) is 11.4. The number of carbonyl (C=O) groups is 3. The number of halogens is 2. The topological polar surface area (TPSA) is 75.7 Å². The van der Waals surface area contributed by atoms with E-state index in [-0.39, 0.29) is 30.7 Å². The molecule has 0 aromatic heterocycles. The maximum atomic E-state index is 13.8. The maximum Gasteiger partial charge on any atom is 0.318 e. The first-order chi connectivity index (χ1) is 17.3. The van der Waals surface area contributed by atoms with Crippen molar-refractivity contribution in [3.63, 3.8) is 0 Å². The van der Waals surface area contributed by atoms with Gasteiger partial charge in [0.2, 0.25) is 11.8 Å². The molecule has 186 valence electrons. The van der Waals surface area contributed by atoms with Gasteiger partial charge in [0.05, 0.1) is 13.5 Å². The van der Waals surface area contributed by atoms with Crippen molar-refractivity contribution in [2.24, 2.45) is 0 Å². The van der Waals surface area contributed by atoms with Crippen LogP contribution in [0.5, 0.6) is 0 Å². The van der Waals surface area contributed by atoms with Crippen LogP contribution in [0, 0.1) is 0 Å². The van der Waals surface area contributed by atoms with Gasteiger partial charge < -0.3 is 15.0 Å². The fraction of sp³-hybridized carbons (Fsp3) is 0.250. The van der Waals surface area contributed by atoms with E-state index in [2.05, 4.69) is 37.2 Å². The third-order valence-corrected chi connectivity index (χ3v) is 7.52. The van der Waals surface area contributed by atoms with E-state index in [1.54, 1.807) is 4.90 Å². The first-order valence-electron chi connectivity index (χ1n) is 11.5. The monoisotopic (exact) mass is 612 g/mol. The van der Waals surface area contributed by atoms with E-state index < -0.39 is 11.5 Å². The first kappa shape index (κ1) is 26.1. The number of nitrogens with zero attached hydrogens (tertiary/aromatic N) is 1. The van der Waals surface area contributed by atoms with Gasteiger partial charge in [-0.3, -0.25) is 14.4 Å². The summed E-state index contributed by atoms with van der Waals surface area (Å²) in [5.74, 6) is -0.900. The lowest BCUT2D eigenvalue weighted by molar-refractivity contribution is -0.147. The Kier molecular flexibility index (Phi) is 8.26. The van der Waals surface area contributed by atoms with Crippen LogP contribution in [0.15, 0.2) is 87.8 Å². The van der Waals surface area contributed by atoms with Gasteiger partial charge in [-0.25, -0.2) is 0 Å². The maximum absolute atomic E-state index is 13.8. The first-order valence-corrected chi connectivity index (χ1v) is 13.1. The van der Waals surface area contributed by atoms with Crippen LogP contribution in [0.3, 0.4) is 0 Å². The van der Waals surface area contributed by atoms with Crippen LogP contribution >= 0.6 is 31.9 Å². The zero-order valence-corrected chi connectivity index (χ0v) is 22.9. The quantitative estimate of drug-likeness (QED) is 0.383. The molecule has 4 rings (SSSR count). The second-order valence-electron chi connectivity index (χ2n) is 8.81. The van der Waals surface area contributed by atoms with Crippen LogP contribution in [0.2, 0.25) is 0 Å². The lowest BCUT2D eigenvalue weighted by atomic mass is 9.79. The highest BCUT2D eigenvalue weighted by molar-refractivity contribution is 9.10. The van der Waals surface area contributed by atoms with Crippen molar-refractivity contribution < 1.29 is 19.1 Å². The third kappa shape index (κ3) is 5.71. The van der Waals surface area contributed by atoms with E-state index in [0.717, 1.165) is 20.1 Å². The molecule has 1 saturated heterocycles. The molecule has 6 nitrogen and oxygen atoms in total. The Balaban J connectivity index is 1.58. The van der Waals surface area contributed by atoms with Gasteiger partial charge in [-0.05, 0) is 47.4 Å². The fourth-order valence-corrected chi connectivity index (χ4v) is 5.28. The molecule has 0 saturated carbocycles. The summed E-state index contributed by atoms with van der Waals surface area (Å²) >= 11 is 6.88. The summed E-state index contributed by atoms with van der Waals surface area (Å²) in [4.78, 5) is 41.4. The molecule has 0 aliphatic carbocycles. The molecule has 1 aliphatic heterocycles. The molecule has 8 heteroatoms. The molecule has 0 spiro atoms. The lowest BCUT2D eigenvalue weighted by Gasteiger charge is -2.29. The Morgan fingerprint density at radius 3 is 2.36 bits per heavy atom. The van der Waals surface area contributed by atoms with Crippen molar-refractivity contribution in [2.45, 2.75) is 24.3 Å². The van der Waals surface area contributed by atoms with E-state index in [9.17, 15) is 14.4 Å². The number of carbonyl (C=O) groups excluding carboxylic acids is 3. The van der Waals surface area contributed by atoms with Gasteiger partial charge in [0.25, 0.3) is 0 Å². The zero-order valence-electron chi connectivity index (χ0n) is 19.7. The minimum absolute atomic E-state index is 0.147. The number of rotatable bonds is 7. The van der Waals surface area contributed by atoms with Gasteiger partial charge in [-0.1, -0.05) is 86.5 Å². The molecule has 0 bridgehead atoms. The standard InChI is InChI=1S/C28H26Br2N2O4/c1-36-27(35)28(21-8-5-9-23(30)17-21)14-15-32(18-28)26(34)25(20-6-3-2-4-7-20)31-24(33)16-19-10-12-22(29)13-11-19/h2-13,17,25H,14-16,18H2,1H3,(H,31,33). The second-order valence-corrected chi connectivity index (χ2v) is 10.6. The van der Waals surface area contributed by atoms with E-state index >= 15 is 0 Å². The summed E-state index contributed by atoms with van der Waals surface area (Å²) < 4.78 is 6.95. The van der Waals surface area contributed by atoms with Crippen molar-refractivity contribution in [3.05, 3.63) is 104 Å². The summed E-state index contributed by atoms with van der Waals surface area (Å²) in [5.41, 5.74) is 1.34. The van der Waals surface area contributed by atoms with Crippen LogP contribution in [-0.2, 0) is 31.0 Å². The molecule has 1 aliphatic rings. The Bertz CT molecular complexity index is 1250. The molecule has 3 aromatic rings. The van der Waals surface area contributed by atoms with Crippen molar-refractivity contribution in [3.8, 4) is 0 Å². The summed E-state index contributed by atoms with van der Waals surface area (Å²) in [5, 5.41) is 2.93. The number of methoxy groups -OCH3 is 1. The number of likely N-dealkylation sites (tertiary alicyclic amines) is 1. The fourth-order valence-electron chi connectivity index (χ4n) is 4.61. The highest BCUT2D eigenvalue weighted by atomic mass is 79.9. The molecule has 3 aromatic carbocycles. The summed E-state index contributed by atoms with van der Waals surface area (Å²) in [6.07, 6.45) is 0.574. The SMILES string of the molecule is COC(=O)C1(c2cccc(Br)c2)CCN(C(=O)C(NC(=O)Cc2ccc(Br)cc2)c2ccccc2)C1. The number of benzene rings is 3. The Morgan fingerprint density at radius 1 is 0.972 bits per heavy atom. The summed E-state index contributed by atoms with van der Waals surface area (Å²) in [7, 11) is 1.36. The van der Waals surface area contributed by atoms with Gasteiger partial charge in [-0.2, -0.15) is 0 Å². The van der Waals surface area contributed by atoms with E-state index in [0.29, 0.717) is 18.5 Å². The predicted molar refractivity (Wildman–Crippen MR) is 144 cm³/mol. The van der Waals surface area contributed by atoms with E-state index in [4.69, 9.17) is 4.74 Å². The normalized spacial score (nSPS) is 17.9. The number of amides is 2. The zero-order chi connectivity index (χ0) is 25.7. The number of nitrogens with one attached hydrogen (secondary N) is 1. The predicted octanol–water partition coefficient (Wildman–Crippen LogP) is 4.95. The average molecular weight is 614 g/mol. The lowest BCUT2D eigenvalue weighted by Crippen LogP contribution is -2.45. The minimum atomic E-state index is -0.975. The molecular formula is C28H26Br2N2O4. The molecular weight excluding hydrogens is 588 g/mol. The Hall–Kier alpha value is -2.97. The van der Waals surface area contributed by atoms with Gasteiger partial charge in [0, 0.05) is 22.0 Å². The third-order valence-electron chi connectivity index (χ3n) is 6.50. The molecule has 2 amide bonds. The van der Waals surface area contributed by atoms with Gasteiger partial charge in [0.15, 0.2) is 0 Å². The summed E-state index contributed by atoms with van der Waals surface area (Å²) in [6.45, 7) is 0.535. The van der Waals surface area contributed by atoms with Crippen LogP contribution in [0.4, 0.5) is 0 Å². The van der Waals surface area contributed by atoms with E-state index in [1.165, 1.54) is 7.11 Å². The number of hydrogen-bond donors (Lipinski definition) is 1. The molecule has 2 atom stereocenters. The highest BCUT2D eigenvalue weighted by Gasteiger charge is 2.49. The molecule has 1 fully saturated rings. The van der Waals surface area contributed by atoms with Crippen molar-refractivity contribution >= 4 is 49.6 Å². The Morgan fingerprint density at radius 2 is 1.69 bits per heavy atom. The van der Waals surface area contributed by atoms with Crippen molar-refractivity contribution in [1.29, 1.82) is 0 Å². The highest BCUT2D eigenvalue weighted by Crippen LogP contribution is 2.38. The smallest absolute Gasteiger partial charge is 0.318 e. The Labute approximate surface area is 227 Å². The largest absolute Gasteiger partial charge is 0.468 e. The minimum Gasteiger partial charge on any atom is -0.468 e. The number of ether oxygens (including phenoxy) is 1. The number of hydrogen-bond acceptors (Lipinski definition) is 4. The molecule has 0 radical (unpaired) electrons. The van der Waals surface area contributed by atoms with Gasteiger partial charge in [0.1, 0.15) is 11.5 Å². The molecule has 1 heterocycles. The molecule has 2 unspecified atom stereocenters. The van der Waals surface area contributed by atoms with Crippen LogP contribution in [-0.4, -0.2) is 42.9 Å². The van der Waals surface area contributed by atoms with Crippen molar-refractivity contribution in [1.82, 2.24) is 10.2 Å². The van der Waals surface area contributed by atoms with Gasteiger partial charge >= 0.3 is 5.97 Å². The van der Waals surface area contributed by atoms with Gasteiger partial charge in [-0.15, -0.1) is 0 Å². The van der Waals surface area contributed by atoms with Crippen molar-refractivity contribution in [2.75, 3.05) is 20.2 Å². The van der Waals surface area contributed by atoms with Crippen LogP contribution < -0.4 is 5.32 Å². The molecule has 1 N–H and O–H groups in total. The average Bonchev–Trinajstić information content (AvgIpc) is 3.35. The van der Waals surface area contributed by atoms with Crippen LogP contribution in [0.1, 0.15) is 29.2 Å². The molecule has 36 heavy (non-hydrogen) atoms. The summed E-state index contributed by atoms with van der Waals surface area (Å²) in [6, 6.07) is 23.3.